The van der Waals surface area contributed by atoms with Gasteiger partial charge in [-0.25, -0.2) is 4.98 Å². The smallest absolute Gasteiger partial charge is 0.202 e. The van der Waals surface area contributed by atoms with Crippen molar-refractivity contribution in [2.75, 3.05) is 12.8 Å². The fourth-order valence-corrected chi connectivity index (χ4v) is 2.18. The Balaban J connectivity index is 2.49. The molecule has 0 aliphatic heterocycles. The lowest BCUT2D eigenvalue weighted by Gasteiger charge is -2.12. The quantitative estimate of drug-likeness (QED) is 0.870. The van der Waals surface area contributed by atoms with E-state index in [2.05, 4.69) is 17.0 Å². The Kier molecular flexibility index (Phi) is 3.56. The number of rotatable bonds is 5. The first kappa shape index (κ1) is 12.9. The van der Waals surface area contributed by atoms with Crippen LogP contribution in [0.1, 0.15) is 26.0 Å². The Morgan fingerprint density at radius 1 is 1.44 bits per heavy atom. The molecule has 0 saturated carbocycles. The Bertz CT molecular complexity index is 542. The van der Waals surface area contributed by atoms with E-state index in [9.17, 15) is 0 Å². The molecule has 100 valence electrons. The maximum atomic E-state index is 5.99. The van der Waals surface area contributed by atoms with Gasteiger partial charge in [0.05, 0.1) is 18.3 Å². The minimum absolute atomic E-state index is 0.0919. The van der Waals surface area contributed by atoms with E-state index in [1.54, 1.807) is 7.11 Å². The monoisotopic (exact) mass is 251 g/mol. The maximum absolute atomic E-state index is 5.99. The minimum atomic E-state index is 0.0919. The van der Waals surface area contributed by atoms with Crippen LogP contribution in [-0.2, 0) is 24.8 Å². The number of aromatic nitrogens is 4. The SMILES string of the molecule is CCCc1nn(C)c2c1nc(N)n2CC(C)OC. The van der Waals surface area contributed by atoms with Gasteiger partial charge in [0.15, 0.2) is 5.65 Å². The van der Waals surface area contributed by atoms with Crippen LogP contribution in [0.5, 0.6) is 0 Å². The molecule has 1 unspecified atom stereocenters. The molecule has 0 fully saturated rings. The van der Waals surface area contributed by atoms with Gasteiger partial charge in [-0.15, -0.1) is 0 Å². The first-order chi connectivity index (χ1) is 8.58. The van der Waals surface area contributed by atoms with Crippen molar-refractivity contribution in [2.24, 2.45) is 7.05 Å². The molecule has 6 heteroatoms. The number of fused-ring (bicyclic) bond motifs is 1. The molecule has 0 spiro atoms. The first-order valence-corrected chi connectivity index (χ1v) is 6.28. The molecule has 0 bridgehead atoms. The highest BCUT2D eigenvalue weighted by molar-refractivity contribution is 5.77. The number of nitrogen functional groups attached to an aromatic ring is 1. The molecule has 18 heavy (non-hydrogen) atoms. The van der Waals surface area contributed by atoms with Crippen LogP contribution in [0.2, 0.25) is 0 Å². The molecule has 2 N–H and O–H groups in total. The number of imidazole rings is 1. The van der Waals surface area contributed by atoms with Crippen molar-refractivity contribution in [3.05, 3.63) is 5.69 Å². The summed E-state index contributed by atoms with van der Waals surface area (Å²) in [6.45, 7) is 4.83. The zero-order chi connectivity index (χ0) is 13.3. The van der Waals surface area contributed by atoms with Crippen molar-refractivity contribution >= 4 is 17.1 Å². The second kappa shape index (κ2) is 4.97. The summed E-state index contributed by atoms with van der Waals surface area (Å²) >= 11 is 0. The summed E-state index contributed by atoms with van der Waals surface area (Å²) in [7, 11) is 3.62. The van der Waals surface area contributed by atoms with Crippen LogP contribution in [0.25, 0.3) is 11.2 Å². The van der Waals surface area contributed by atoms with E-state index in [1.165, 1.54) is 0 Å². The van der Waals surface area contributed by atoms with E-state index in [-0.39, 0.29) is 6.10 Å². The topological polar surface area (TPSA) is 70.9 Å². The Morgan fingerprint density at radius 2 is 2.17 bits per heavy atom. The van der Waals surface area contributed by atoms with Crippen molar-refractivity contribution in [3.63, 3.8) is 0 Å². The lowest BCUT2D eigenvalue weighted by Crippen LogP contribution is -2.17. The average Bonchev–Trinajstić information content (AvgIpc) is 2.80. The minimum Gasteiger partial charge on any atom is -0.380 e. The number of ether oxygens (including phenoxy) is 1. The van der Waals surface area contributed by atoms with Crippen molar-refractivity contribution in [2.45, 2.75) is 39.3 Å². The zero-order valence-electron chi connectivity index (χ0n) is 11.5. The van der Waals surface area contributed by atoms with Gasteiger partial charge in [0.1, 0.15) is 5.52 Å². The highest BCUT2D eigenvalue weighted by atomic mass is 16.5. The highest BCUT2D eigenvalue weighted by Gasteiger charge is 2.18. The average molecular weight is 251 g/mol. The van der Waals surface area contributed by atoms with Gasteiger partial charge in [0, 0.05) is 14.2 Å². The van der Waals surface area contributed by atoms with Gasteiger partial charge in [0.25, 0.3) is 0 Å². The lowest BCUT2D eigenvalue weighted by atomic mass is 10.2. The van der Waals surface area contributed by atoms with Gasteiger partial charge in [0.2, 0.25) is 5.95 Å². The summed E-state index contributed by atoms with van der Waals surface area (Å²) in [5.41, 5.74) is 8.90. The largest absolute Gasteiger partial charge is 0.380 e. The van der Waals surface area contributed by atoms with Crippen molar-refractivity contribution in [1.29, 1.82) is 0 Å². The fraction of sp³-hybridized carbons (Fsp3) is 0.667. The summed E-state index contributed by atoms with van der Waals surface area (Å²) in [5.74, 6) is 0.527. The molecular formula is C12H21N5O. The van der Waals surface area contributed by atoms with Crippen LogP contribution in [-0.4, -0.2) is 32.5 Å². The van der Waals surface area contributed by atoms with Crippen LogP contribution in [0.4, 0.5) is 5.95 Å². The van der Waals surface area contributed by atoms with Gasteiger partial charge < -0.3 is 10.5 Å². The van der Waals surface area contributed by atoms with Gasteiger partial charge in [-0.1, -0.05) is 13.3 Å². The van der Waals surface area contributed by atoms with E-state index >= 15 is 0 Å². The second-order valence-electron chi connectivity index (χ2n) is 4.62. The summed E-state index contributed by atoms with van der Waals surface area (Å²) in [5, 5.41) is 4.51. The van der Waals surface area contributed by atoms with E-state index < -0.39 is 0 Å². The van der Waals surface area contributed by atoms with Crippen molar-refractivity contribution in [3.8, 4) is 0 Å². The van der Waals surface area contributed by atoms with Crippen molar-refractivity contribution in [1.82, 2.24) is 19.3 Å². The van der Waals surface area contributed by atoms with Gasteiger partial charge >= 0.3 is 0 Å². The molecule has 0 aromatic carbocycles. The van der Waals surface area contributed by atoms with Gasteiger partial charge in [-0.2, -0.15) is 5.10 Å². The number of nitrogens with two attached hydrogens (primary N) is 1. The molecule has 0 radical (unpaired) electrons. The van der Waals surface area contributed by atoms with E-state index in [0.29, 0.717) is 12.5 Å². The second-order valence-corrected chi connectivity index (χ2v) is 4.62. The molecule has 2 aromatic rings. The van der Waals surface area contributed by atoms with Gasteiger partial charge in [-0.3, -0.25) is 9.25 Å². The van der Waals surface area contributed by atoms with Crippen LogP contribution < -0.4 is 5.73 Å². The number of anilines is 1. The summed E-state index contributed by atoms with van der Waals surface area (Å²) in [6.07, 6.45) is 2.07. The summed E-state index contributed by atoms with van der Waals surface area (Å²) in [4.78, 5) is 4.44. The molecule has 0 saturated heterocycles. The molecule has 6 nitrogen and oxygen atoms in total. The molecular weight excluding hydrogens is 230 g/mol. The van der Waals surface area contributed by atoms with Gasteiger partial charge in [-0.05, 0) is 13.3 Å². The maximum Gasteiger partial charge on any atom is 0.202 e. The number of hydrogen-bond donors (Lipinski definition) is 1. The van der Waals surface area contributed by atoms with Crippen LogP contribution in [0.3, 0.4) is 0 Å². The third-order valence-electron chi connectivity index (χ3n) is 3.15. The first-order valence-electron chi connectivity index (χ1n) is 6.28. The van der Waals surface area contributed by atoms with E-state index in [4.69, 9.17) is 10.5 Å². The van der Waals surface area contributed by atoms with E-state index in [1.807, 2.05) is 23.2 Å². The Labute approximate surface area is 107 Å². The van der Waals surface area contributed by atoms with Crippen LogP contribution in [0, 0.1) is 0 Å². The number of nitrogens with zero attached hydrogens (tertiary/aromatic N) is 4. The number of methoxy groups -OCH3 is 1. The highest BCUT2D eigenvalue weighted by Crippen LogP contribution is 2.22. The third-order valence-corrected chi connectivity index (χ3v) is 3.15. The fourth-order valence-electron chi connectivity index (χ4n) is 2.18. The molecule has 0 aliphatic carbocycles. The number of aryl methyl sites for hydroxylation is 2. The van der Waals surface area contributed by atoms with Crippen LogP contribution in [0.15, 0.2) is 0 Å². The summed E-state index contributed by atoms with van der Waals surface area (Å²) < 4.78 is 9.11. The van der Waals surface area contributed by atoms with Crippen molar-refractivity contribution < 1.29 is 4.74 Å². The Morgan fingerprint density at radius 3 is 2.78 bits per heavy atom. The predicted molar refractivity (Wildman–Crippen MR) is 71.4 cm³/mol. The molecule has 2 aromatic heterocycles. The molecule has 0 aliphatic rings. The molecule has 2 heterocycles. The third kappa shape index (κ3) is 2.08. The number of hydrogen-bond acceptors (Lipinski definition) is 4. The summed E-state index contributed by atoms with van der Waals surface area (Å²) in [6, 6.07) is 0. The molecule has 1 atom stereocenters. The predicted octanol–water partition coefficient (Wildman–Crippen LogP) is 1.34. The van der Waals surface area contributed by atoms with Crippen LogP contribution >= 0.6 is 0 Å². The van der Waals surface area contributed by atoms with E-state index in [0.717, 1.165) is 29.7 Å². The zero-order valence-corrected chi connectivity index (χ0v) is 11.5. The lowest BCUT2D eigenvalue weighted by molar-refractivity contribution is 0.104. The molecule has 2 rings (SSSR count). The molecule has 0 amide bonds. The standard InChI is InChI=1S/C12H21N5O/c1-5-6-9-10-11(16(3)15-9)17(12(13)14-10)7-8(2)18-4/h8H,5-7H2,1-4H3,(H2,13,14). The normalized spacial score (nSPS) is 13.3. The Hall–Kier alpha value is -1.56.